The number of hydrogen-bond donors (Lipinski definition) is 0. The van der Waals surface area contributed by atoms with E-state index in [0.717, 1.165) is 16.8 Å². The van der Waals surface area contributed by atoms with Crippen molar-refractivity contribution in [1.82, 2.24) is 19.2 Å². The Labute approximate surface area is 158 Å². The van der Waals surface area contributed by atoms with Crippen LogP contribution in [0.3, 0.4) is 0 Å². The lowest BCUT2D eigenvalue weighted by molar-refractivity contribution is 0.0195. The minimum Gasteiger partial charge on any atom is -0.493 e. The molecule has 1 aliphatic heterocycles. The molecule has 0 N–H and O–H groups in total. The second kappa shape index (κ2) is 7.09. The first kappa shape index (κ1) is 19.0. The van der Waals surface area contributed by atoms with Crippen molar-refractivity contribution in [2.75, 3.05) is 13.2 Å². The summed E-state index contributed by atoms with van der Waals surface area (Å²) in [4.78, 5) is 26.1. The minimum atomic E-state index is -0.544. The molecule has 0 radical (unpaired) electrons. The number of pyridine rings is 1. The molecule has 0 fully saturated rings. The zero-order chi connectivity index (χ0) is 19.8. The highest BCUT2D eigenvalue weighted by atomic mass is 16.6. The van der Waals surface area contributed by atoms with Gasteiger partial charge in [0.1, 0.15) is 11.4 Å². The molecule has 0 unspecified atom stereocenters. The van der Waals surface area contributed by atoms with Crippen LogP contribution in [-0.4, -0.2) is 44.1 Å². The monoisotopic (exact) mass is 374 g/mol. The number of amides is 1. The van der Waals surface area contributed by atoms with Crippen molar-refractivity contribution in [3.8, 4) is 16.9 Å². The maximum atomic E-state index is 12.5. The molecule has 2 aromatic rings. The van der Waals surface area contributed by atoms with Gasteiger partial charge >= 0.3 is 6.09 Å². The van der Waals surface area contributed by atoms with Gasteiger partial charge in [-0.25, -0.2) is 4.79 Å². The smallest absolute Gasteiger partial charge is 0.410 e. The van der Waals surface area contributed by atoms with Crippen molar-refractivity contribution >= 4 is 6.09 Å². The summed E-state index contributed by atoms with van der Waals surface area (Å²) in [5.41, 5.74) is 1.84. The van der Waals surface area contributed by atoms with E-state index < -0.39 is 5.60 Å². The van der Waals surface area contributed by atoms with Crippen LogP contribution < -0.4 is 10.3 Å². The van der Waals surface area contributed by atoms with E-state index in [-0.39, 0.29) is 11.7 Å². The predicted molar refractivity (Wildman–Crippen MR) is 101 cm³/mol. The Morgan fingerprint density at radius 3 is 2.67 bits per heavy atom. The third-order valence-corrected chi connectivity index (χ3v) is 4.30. The highest BCUT2D eigenvalue weighted by Crippen LogP contribution is 2.33. The molecule has 8 heteroatoms. The number of ether oxygens (including phenoxy) is 2. The quantitative estimate of drug-likeness (QED) is 0.824. The van der Waals surface area contributed by atoms with Crippen LogP contribution in [0, 0.1) is 0 Å². The number of fused-ring (bicyclic) bond motifs is 1. The molecule has 1 aliphatic rings. The van der Waals surface area contributed by atoms with Gasteiger partial charge in [-0.2, -0.15) is 5.10 Å². The first-order valence-electron chi connectivity index (χ1n) is 9.06. The number of aromatic nitrogens is 3. The Bertz CT molecular complexity index is 907. The number of nitrogens with zero attached hydrogens (tertiary/aromatic N) is 4. The van der Waals surface area contributed by atoms with E-state index in [1.165, 1.54) is 10.6 Å². The molecule has 8 nitrogen and oxygen atoms in total. The van der Waals surface area contributed by atoms with Crippen molar-refractivity contribution < 1.29 is 14.3 Å². The first-order chi connectivity index (χ1) is 12.7. The molecule has 0 bridgehead atoms. The van der Waals surface area contributed by atoms with Crippen molar-refractivity contribution in [2.45, 2.75) is 46.4 Å². The fourth-order valence-electron chi connectivity index (χ4n) is 3.04. The summed E-state index contributed by atoms with van der Waals surface area (Å²) in [5.74, 6) is 0.519. The van der Waals surface area contributed by atoms with E-state index in [9.17, 15) is 9.59 Å². The fraction of sp³-hybridized carbons (Fsp3) is 0.526. The van der Waals surface area contributed by atoms with Gasteiger partial charge in [0.05, 0.1) is 31.6 Å². The van der Waals surface area contributed by atoms with Gasteiger partial charge in [0.2, 0.25) is 0 Å². The van der Waals surface area contributed by atoms with Crippen LogP contribution in [0.1, 0.15) is 33.4 Å². The Kier molecular flexibility index (Phi) is 4.99. The lowest BCUT2D eigenvalue weighted by Crippen LogP contribution is -2.41. The molecule has 27 heavy (non-hydrogen) atoms. The molecule has 3 heterocycles. The van der Waals surface area contributed by atoms with Gasteiger partial charge in [0, 0.05) is 37.0 Å². The molecular formula is C19H26N4O4. The average molecular weight is 374 g/mol. The maximum Gasteiger partial charge on any atom is 0.410 e. The van der Waals surface area contributed by atoms with Crippen LogP contribution >= 0.6 is 0 Å². The van der Waals surface area contributed by atoms with Gasteiger partial charge in [-0.05, 0) is 27.7 Å². The minimum absolute atomic E-state index is 0.140. The summed E-state index contributed by atoms with van der Waals surface area (Å²) in [5, 5.41) is 4.45. The number of hydrogen-bond acceptors (Lipinski definition) is 5. The van der Waals surface area contributed by atoms with E-state index in [0.29, 0.717) is 32.0 Å². The molecular weight excluding hydrogens is 348 g/mol. The van der Waals surface area contributed by atoms with Crippen molar-refractivity contribution in [3.63, 3.8) is 0 Å². The molecule has 3 rings (SSSR count). The van der Waals surface area contributed by atoms with E-state index in [1.807, 2.05) is 32.4 Å². The first-order valence-corrected chi connectivity index (χ1v) is 9.06. The van der Waals surface area contributed by atoms with Crippen LogP contribution in [0.25, 0.3) is 11.1 Å². The van der Waals surface area contributed by atoms with E-state index in [1.54, 1.807) is 24.3 Å². The van der Waals surface area contributed by atoms with Gasteiger partial charge in [0.25, 0.3) is 5.56 Å². The Morgan fingerprint density at radius 1 is 1.26 bits per heavy atom. The molecule has 0 atom stereocenters. The second-order valence-electron chi connectivity index (χ2n) is 7.56. The van der Waals surface area contributed by atoms with Gasteiger partial charge in [-0.15, -0.1) is 0 Å². The molecule has 0 saturated carbocycles. The van der Waals surface area contributed by atoms with E-state index >= 15 is 0 Å². The van der Waals surface area contributed by atoms with Gasteiger partial charge in [-0.1, -0.05) is 0 Å². The molecule has 146 valence electrons. The predicted octanol–water partition coefficient (Wildman–Crippen LogP) is 2.40. The molecule has 0 aromatic carbocycles. The number of aryl methyl sites for hydroxylation is 1. The van der Waals surface area contributed by atoms with Crippen LogP contribution in [0.2, 0.25) is 0 Å². The number of carbonyl (C=O) groups excluding carboxylic acids is 1. The normalized spacial score (nSPS) is 14.0. The second-order valence-corrected chi connectivity index (χ2v) is 7.56. The average Bonchev–Trinajstić information content (AvgIpc) is 2.99. The topological polar surface area (TPSA) is 78.6 Å². The van der Waals surface area contributed by atoms with Gasteiger partial charge < -0.3 is 18.9 Å². The zero-order valence-corrected chi connectivity index (χ0v) is 16.5. The van der Waals surface area contributed by atoms with Gasteiger partial charge in [0.15, 0.2) is 0 Å². The Balaban J connectivity index is 1.97. The summed E-state index contributed by atoms with van der Waals surface area (Å²) in [6.07, 6.45) is 3.17. The molecule has 0 spiro atoms. The lowest BCUT2D eigenvalue weighted by atomic mass is 10.1. The summed E-state index contributed by atoms with van der Waals surface area (Å²) >= 11 is 0. The van der Waals surface area contributed by atoms with Crippen molar-refractivity contribution in [3.05, 3.63) is 34.5 Å². The largest absolute Gasteiger partial charge is 0.493 e. The zero-order valence-electron chi connectivity index (χ0n) is 16.5. The van der Waals surface area contributed by atoms with Crippen LogP contribution in [0.15, 0.2) is 23.3 Å². The summed E-state index contributed by atoms with van der Waals surface area (Å²) < 4.78 is 14.6. The summed E-state index contributed by atoms with van der Waals surface area (Å²) in [6, 6.07) is 1.48. The maximum absolute atomic E-state index is 12.5. The lowest BCUT2D eigenvalue weighted by Gasteiger charge is -2.31. The fourth-order valence-corrected chi connectivity index (χ4v) is 3.04. The number of rotatable bonds is 3. The summed E-state index contributed by atoms with van der Waals surface area (Å²) in [7, 11) is 1.70. The van der Waals surface area contributed by atoms with Crippen LogP contribution in [0.4, 0.5) is 4.79 Å². The van der Waals surface area contributed by atoms with Gasteiger partial charge in [-0.3, -0.25) is 9.48 Å². The molecule has 1 amide bonds. The highest BCUT2D eigenvalue weighted by molar-refractivity contribution is 5.73. The molecule has 0 aliphatic carbocycles. The number of carbonyl (C=O) groups is 1. The third kappa shape index (κ3) is 3.99. The Morgan fingerprint density at radius 2 is 2.00 bits per heavy atom. The van der Waals surface area contributed by atoms with E-state index in [4.69, 9.17) is 9.47 Å². The van der Waals surface area contributed by atoms with Crippen LogP contribution in [0.5, 0.6) is 5.75 Å². The van der Waals surface area contributed by atoms with Crippen molar-refractivity contribution in [2.24, 2.45) is 7.05 Å². The standard InChI is InChI=1S/C19H26N4O4/c1-6-26-16-9-17(24)21(5)11-14(16)13-10-20-23-8-7-22(12-15(13)23)18(25)27-19(2,3)4/h9-11H,6-8,12H2,1-5H3. The Hall–Kier alpha value is -2.77. The molecule has 2 aromatic heterocycles. The van der Waals surface area contributed by atoms with Crippen LogP contribution in [-0.2, 0) is 24.9 Å². The SMILES string of the molecule is CCOc1cc(=O)n(C)cc1-c1cnn2c1CN(C(=O)OC(C)(C)C)CC2. The molecule has 0 saturated heterocycles. The third-order valence-electron chi connectivity index (χ3n) is 4.30. The van der Waals surface area contributed by atoms with Crippen molar-refractivity contribution in [1.29, 1.82) is 0 Å². The van der Waals surface area contributed by atoms with E-state index in [2.05, 4.69) is 5.10 Å². The highest BCUT2D eigenvalue weighted by Gasteiger charge is 2.29. The summed E-state index contributed by atoms with van der Waals surface area (Å²) in [6.45, 7) is 9.39.